The zero-order valence-corrected chi connectivity index (χ0v) is 8.70. The number of methoxy groups -OCH3 is 1. The minimum absolute atomic E-state index is 0.730. The minimum atomic E-state index is 0.730. The molecule has 0 N–H and O–H groups in total. The van der Waals surface area contributed by atoms with Gasteiger partial charge in [0.15, 0.2) is 0 Å². The third-order valence-electron chi connectivity index (χ3n) is 2.39. The molecule has 3 heteroatoms. The molecule has 0 amide bonds. The van der Waals surface area contributed by atoms with Crippen LogP contribution >= 0.6 is 0 Å². The van der Waals surface area contributed by atoms with Gasteiger partial charge < -0.3 is 9.64 Å². The van der Waals surface area contributed by atoms with Gasteiger partial charge in [-0.3, -0.25) is 4.90 Å². The lowest BCUT2D eigenvalue weighted by Gasteiger charge is -2.31. The lowest BCUT2D eigenvalue weighted by molar-refractivity contribution is 0.166. The smallest absolute Gasteiger partial charge is 0.0644 e. The van der Waals surface area contributed by atoms with Crippen LogP contribution in [0.15, 0.2) is 12.2 Å². The van der Waals surface area contributed by atoms with Crippen LogP contribution in [0.25, 0.3) is 0 Å². The first-order chi connectivity index (χ1) is 6.33. The van der Waals surface area contributed by atoms with Crippen LogP contribution < -0.4 is 0 Å². The van der Waals surface area contributed by atoms with E-state index in [1.165, 1.54) is 26.2 Å². The third-order valence-corrected chi connectivity index (χ3v) is 2.39. The summed E-state index contributed by atoms with van der Waals surface area (Å²) in [5, 5.41) is 0. The largest absolute Gasteiger partial charge is 0.381 e. The second-order valence-electron chi connectivity index (χ2n) is 3.53. The standard InChI is InChI=1S/C10H20N2O/c1-11-6-8-12(9-7-11)5-3-4-10-13-2/h3-4H,5-10H2,1-2H3/b4-3-. The molecule has 1 rings (SSSR count). The first kappa shape index (κ1) is 10.7. The van der Waals surface area contributed by atoms with Crippen LogP contribution in [-0.2, 0) is 4.74 Å². The summed E-state index contributed by atoms with van der Waals surface area (Å²) in [7, 11) is 3.90. The summed E-state index contributed by atoms with van der Waals surface area (Å²) in [6, 6.07) is 0. The maximum Gasteiger partial charge on any atom is 0.0644 e. The van der Waals surface area contributed by atoms with Crippen molar-refractivity contribution in [2.75, 3.05) is 53.5 Å². The Labute approximate surface area is 81.0 Å². The quantitative estimate of drug-likeness (QED) is 0.590. The van der Waals surface area contributed by atoms with Gasteiger partial charge in [0.1, 0.15) is 0 Å². The first-order valence-corrected chi connectivity index (χ1v) is 4.88. The molecule has 0 aliphatic carbocycles. The summed E-state index contributed by atoms with van der Waals surface area (Å²) < 4.78 is 4.93. The maximum atomic E-state index is 4.93. The highest BCUT2D eigenvalue weighted by Crippen LogP contribution is 1.98. The van der Waals surface area contributed by atoms with E-state index in [2.05, 4.69) is 29.0 Å². The molecule has 13 heavy (non-hydrogen) atoms. The van der Waals surface area contributed by atoms with Gasteiger partial charge in [-0.1, -0.05) is 12.2 Å². The van der Waals surface area contributed by atoms with Gasteiger partial charge in [-0.25, -0.2) is 0 Å². The van der Waals surface area contributed by atoms with Crippen molar-refractivity contribution in [1.29, 1.82) is 0 Å². The van der Waals surface area contributed by atoms with Crippen molar-refractivity contribution in [3.63, 3.8) is 0 Å². The van der Waals surface area contributed by atoms with E-state index in [0.717, 1.165) is 13.2 Å². The molecular weight excluding hydrogens is 164 g/mol. The molecule has 76 valence electrons. The highest BCUT2D eigenvalue weighted by Gasteiger charge is 2.11. The summed E-state index contributed by atoms with van der Waals surface area (Å²) in [4.78, 5) is 4.83. The SMILES string of the molecule is COC/C=C\CN1CCN(C)CC1. The van der Waals surface area contributed by atoms with Gasteiger partial charge >= 0.3 is 0 Å². The van der Waals surface area contributed by atoms with Crippen LogP contribution in [0.1, 0.15) is 0 Å². The second-order valence-corrected chi connectivity index (χ2v) is 3.53. The molecule has 0 aromatic heterocycles. The molecule has 0 radical (unpaired) electrons. The Bertz CT molecular complexity index is 151. The van der Waals surface area contributed by atoms with E-state index < -0.39 is 0 Å². The van der Waals surface area contributed by atoms with Gasteiger partial charge in [0, 0.05) is 39.8 Å². The maximum absolute atomic E-state index is 4.93. The van der Waals surface area contributed by atoms with E-state index in [4.69, 9.17) is 4.74 Å². The Hall–Kier alpha value is -0.380. The summed E-state index contributed by atoms with van der Waals surface area (Å²) in [5.41, 5.74) is 0. The summed E-state index contributed by atoms with van der Waals surface area (Å²) in [5.74, 6) is 0. The molecule has 0 atom stereocenters. The highest BCUT2D eigenvalue weighted by molar-refractivity contribution is 4.86. The minimum Gasteiger partial charge on any atom is -0.381 e. The summed E-state index contributed by atoms with van der Waals surface area (Å²) in [6.07, 6.45) is 4.27. The number of likely N-dealkylation sites (N-methyl/N-ethyl adjacent to an activating group) is 1. The van der Waals surface area contributed by atoms with Gasteiger partial charge in [0.05, 0.1) is 6.61 Å². The number of piperazine rings is 1. The number of hydrogen-bond acceptors (Lipinski definition) is 3. The van der Waals surface area contributed by atoms with Crippen LogP contribution in [-0.4, -0.2) is 63.3 Å². The fraction of sp³-hybridized carbons (Fsp3) is 0.800. The lowest BCUT2D eigenvalue weighted by Crippen LogP contribution is -2.44. The molecular formula is C10H20N2O. The molecule has 0 unspecified atom stereocenters. The monoisotopic (exact) mass is 184 g/mol. The Kier molecular flexibility index (Phi) is 5.05. The fourth-order valence-corrected chi connectivity index (χ4v) is 1.42. The first-order valence-electron chi connectivity index (χ1n) is 4.88. The molecule has 1 aliphatic heterocycles. The molecule has 1 saturated heterocycles. The molecule has 0 bridgehead atoms. The van der Waals surface area contributed by atoms with Crippen molar-refractivity contribution in [3.8, 4) is 0 Å². The molecule has 0 spiro atoms. The predicted octanol–water partition coefficient (Wildman–Crippen LogP) is 0.436. The molecule has 0 aromatic carbocycles. The number of nitrogens with zero attached hydrogens (tertiary/aromatic N) is 2. The van der Waals surface area contributed by atoms with E-state index in [9.17, 15) is 0 Å². The Balaban J connectivity index is 2.08. The average molecular weight is 184 g/mol. The zero-order valence-electron chi connectivity index (χ0n) is 8.70. The molecule has 3 nitrogen and oxygen atoms in total. The van der Waals surface area contributed by atoms with Crippen molar-refractivity contribution in [2.24, 2.45) is 0 Å². The van der Waals surface area contributed by atoms with Crippen molar-refractivity contribution >= 4 is 0 Å². The van der Waals surface area contributed by atoms with Crippen molar-refractivity contribution in [2.45, 2.75) is 0 Å². The molecule has 0 saturated carbocycles. The van der Waals surface area contributed by atoms with Crippen LogP contribution in [0.3, 0.4) is 0 Å². The van der Waals surface area contributed by atoms with E-state index in [1.54, 1.807) is 7.11 Å². The summed E-state index contributed by atoms with van der Waals surface area (Å²) in [6.45, 7) is 6.56. The topological polar surface area (TPSA) is 15.7 Å². The number of hydrogen-bond donors (Lipinski definition) is 0. The predicted molar refractivity (Wildman–Crippen MR) is 55.0 cm³/mol. The van der Waals surface area contributed by atoms with Gasteiger partial charge in [0.25, 0.3) is 0 Å². The van der Waals surface area contributed by atoms with E-state index >= 15 is 0 Å². The van der Waals surface area contributed by atoms with Gasteiger partial charge in [-0.05, 0) is 7.05 Å². The van der Waals surface area contributed by atoms with E-state index in [1.807, 2.05) is 0 Å². The van der Waals surface area contributed by atoms with Crippen LogP contribution in [0.2, 0.25) is 0 Å². The fourth-order valence-electron chi connectivity index (χ4n) is 1.42. The van der Waals surface area contributed by atoms with Crippen LogP contribution in [0.5, 0.6) is 0 Å². The number of rotatable bonds is 4. The Morgan fingerprint density at radius 3 is 2.46 bits per heavy atom. The van der Waals surface area contributed by atoms with Crippen LogP contribution in [0, 0.1) is 0 Å². The van der Waals surface area contributed by atoms with Crippen molar-refractivity contribution < 1.29 is 4.74 Å². The zero-order chi connectivity index (χ0) is 9.52. The van der Waals surface area contributed by atoms with E-state index in [-0.39, 0.29) is 0 Å². The van der Waals surface area contributed by atoms with Gasteiger partial charge in [-0.2, -0.15) is 0 Å². The van der Waals surface area contributed by atoms with Crippen LogP contribution in [0.4, 0.5) is 0 Å². The molecule has 1 aliphatic rings. The molecule has 1 fully saturated rings. The van der Waals surface area contributed by atoms with Gasteiger partial charge in [0.2, 0.25) is 0 Å². The number of ether oxygens (including phenoxy) is 1. The lowest BCUT2D eigenvalue weighted by atomic mass is 10.3. The third kappa shape index (κ3) is 4.41. The highest BCUT2D eigenvalue weighted by atomic mass is 16.5. The van der Waals surface area contributed by atoms with Gasteiger partial charge in [-0.15, -0.1) is 0 Å². The average Bonchev–Trinajstić information content (AvgIpc) is 2.15. The van der Waals surface area contributed by atoms with Crippen molar-refractivity contribution in [3.05, 3.63) is 12.2 Å². The normalized spacial score (nSPS) is 21.4. The summed E-state index contributed by atoms with van der Waals surface area (Å²) >= 11 is 0. The molecule has 1 heterocycles. The Morgan fingerprint density at radius 2 is 1.85 bits per heavy atom. The van der Waals surface area contributed by atoms with E-state index in [0.29, 0.717) is 0 Å². The second kappa shape index (κ2) is 6.13. The molecule has 0 aromatic rings. The Morgan fingerprint density at radius 1 is 1.15 bits per heavy atom. The van der Waals surface area contributed by atoms with Crippen molar-refractivity contribution in [1.82, 2.24) is 9.80 Å².